The van der Waals surface area contributed by atoms with Crippen molar-refractivity contribution in [2.24, 2.45) is 0 Å². The molecule has 1 aromatic carbocycles. The molecule has 0 bridgehead atoms. The largest absolute Gasteiger partial charge is 0.336 e. The molecule has 20 heavy (non-hydrogen) atoms. The van der Waals surface area contributed by atoms with Gasteiger partial charge in [0, 0.05) is 43.4 Å². The second-order valence-electron chi connectivity index (χ2n) is 5.09. The first kappa shape index (κ1) is 14.7. The molecule has 1 saturated heterocycles. The number of nitrogens with one attached hydrogen (secondary N) is 1. The van der Waals surface area contributed by atoms with Gasteiger partial charge in [0.1, 0.15) is 11.6 Å². The third kappa shape index (κ3) is 3.42. The van der Waals surface area contributed by atoms with E-state index in [1.807, 2.05) is 6.92 Å². The number of nitrogens with zero attached hydrogens (tertiary/aromatic N) is 1. The normalized spacial score (nSPS) is 20.1. The lowest BCUT2D eigenvalue weighted by Crippen LogP contribution is -2.50. The molecule has 1 aliphatic heterocycles. The molecule has 0 aliphatic carbocycles. The Kier molecular flexibility index (Phi) is 4.49. The topological polar surface area (TPSA) is 32.3 Å². The summed E-state index contributed by atoms with van der Waals surface area (Å²) < 4.78 is 26.5. The summed E-state index contributed by atoms with van der Waals surface area (Å²) in [7, 11) is 0. The lowest BCUT2D eigenvalue weighted by molar-refractivity contribution is -0.127. The summed E-state index contributed by atoms with van der Waals surface area (Å²) in [4.78, 5) is 13.9. The van der Waals surface area contributed by atoms with Gasteiger partial charge in [0.2, 0.25) is 5.91 Å². The van der Waals surface area contributed by atoms with Crippen LogP contribution in [0, 0.1) is 11.6 Å². The molecule has 1 fully saturated rings. The molecule has 1 atom stereocenters. The van der Waals surface area contributed by atoms with E-state index in [-0.39, 0.29) is 17.5 Å². The summed E-state index contributed by atoms with van der Waals surface area (Å²) in [5.74, 6) is -1.42. The van der Waals surface area contributed by atoms with Gasteiger partial charge in [-0.15, -0.1) is 0 Å². The van der Waals surface area contributed by atoms with Crippen molar-refractivity contribution in [2.75, 3.05) is 19.6 Å². The minimum absolute atomic E-state index is 0.139. The third-order valence-electron chi connectivity index (χ3n) is 3.38. The van der Waals surface area contributed by atoms with E-state index in [2.05, 4.69) is 5.32 Å². The highest BCUT2D eigenvalue weighted by Crippen LogP contribution is 2.19. The Labute approximate surface area is 117 Å². The molecule has 1 amide bonds. The van der Waals surface area contributed by atoms with Crippen molar-refractivity contribution in [2.45, 2.75) is 19.9 Å². The average Bonchev–Trinajstić information content (AvgIpc) is 2.38. The highest BCUT2D eigenvalue weighted by molar-refractivity contribution is 5.95. The van der Waals surface area contributed by atoms with Gasteiger partial charge >= 0.3 is 0 Å². The van der Waals surface area contributed by atoms with Gasteiger partial charge in [-0.25, -0.2) is 8.78 Å². The van der Waals surface area contributed by atoms with Crippen LogP contribution in [0.1, 0.15) is 19.4 Å². The number of hydrogen-bond acceptors (Lipinski definition) is 2. The molecule has 3 nitrogen and oxygen atoms in total. The number of hydrogen-bond donors (Lipinski definition) is 1. The Bertz CT molecular complexity index is 543. The lowest BCUT2D eigenvalue weighted by Gasteiger charge is -2.31. The minimum atomic E-state index is -0.653. The fraction of sp³-hybridized carbons (Fsp3) is 0.400. The lowest BCUT2D eigenvalue weighted by atomic mass is 10.1. The molecule has 1 heterocycles. The molecule has 108 valence electrons. The van der Waals surface area contributed by atoms with Crippen molar-refractivity contribution < 1.29 is 13.6 Å². The van der Waals surface area contributed by atoms with Gasteiger partial charge in [-0.2, -0.15) is 0 Å². The number of piperazine rings is 1. The summed E-state index contributed by atoms with van der Waals surface area (Å²) in [6, 6.07) is 3.62. The zero-order valence-corrected chi connectivity index (χ0v) is 11.6. The smallest absolute Gasteiger partial charge is 0.246 e. The molecular weight excluding hydrogens is 262 g/mol. The summed E-state index contributed by atoms with van der Waals surface area (Å²) in [5, 5.41) is 3.25. The molecule has 5 heteroatoms. The number of rotatable bonds is 2. The van der Waals surface area contributed by atoms with E-state index in [1.54, 1.807) is 11.8 Å². The second-order valence-corrected chi connectivity index (χ2v) is 5.09. The Hall–Kier alpha value is -1.75. The van der Waals surface area contributed by atoms with Crippen LogP contribution in [-0.2, 0) is 4.79 Å². The van der Waals surface area contributed by atoms with E-state index in [4.69, 9.17) is 0 Å². The predicted molar refractivity (Wildman–Crippen MR) is 74.1 cm³/mol. The van der Waals surface area contributed by atoms with Crippen LogP contribution in [0.5, 0.6) is 0 Å². The molecule has 0 spiro atoms. The number of allylic oxidation sites excluding steroid dienone is 1. The van der Waals surface area contributed by atoms with Crippen molar-refractivity contribution in [3.05, 3.63) is 41.5 Å². The number of carbonyl (C=O) groups is 1. The van der Waals surface area contributed by atoms with Crippen LogP contribution in [0.15, 0.2) is 24.3 Å². The summed E-state index contributed by atoms with van der Waals surface area (Å²) in [6.07, 6.45) is 1.41. The zero-order chi connectivity index (χ0) is 14.7. The minimum Gasteiger partial charge on any atom is -0.336 e. The van der Waals surface area contributed by atoms with Gasteiger partial charge in [-0.1, -0.05) is 0 Å². The number of amides is 1. The van der Waals surface area contributed by atoms with E-state index >= 15 is 0 Å². The molecule has 1 aliphatic rings. The van der Waals surface area contributed by atoms with Crippen molar-refractivity contribution in [3.8, 4) is 0 Å². The third-order valence-corrected chi connectivity index (χ3v) is 3.38. The maximum absolute atomic E-state index is 13.6. The van der Waals surface area contributed by atoms with E-state index in [1.165, 1.54) is 18.2 Å². The Morgan fingerprint density at radius 1 is 1.45 bits per heavy atom. The highest BCUT2D eigenvalue weighted by Gasteiger charge is 2.19. The predicted octanol–water partition coefficient (Wildman–Crippen LogP) is 2.19. The zero-order valence-electron chi connectivity index (χ0n) is 11.6. The SMILES string of the molecule is C/C(=C\C(=O)N1CCNC(C)C1)c1ccc(F)cc1F. The quantitative estimate of drug-likeness (QED) is 0.842. The Morgan fingerprint density at radius 3 is 2.85 bits per heavy atom. The van der Waals surface area contributed by atoms with Crippen LogP contribution in [0.4, 0.5) is 8.78 Å². The van der Waals surface area contributed by atoms with Crippen LogP contribution in [0.25, 0.3) is 5.57 Å². The van der Waals surface area contributed by atoms with Crippen LogP contribution >= 0.6 is 0 Å². The van der Waals surface area contributed by atoms with Crippen molar-refractivity contribution in [3.63, 3.8) is 0 Å². The number of carbonyl (C=O) groups excluding carboxylic acids is 1. The molecular formula is C15H18F2N2O. The van der Waals surface area contributed by atoms with Crippen LogP contribution in [-0.4, -0.2) is 36.5 Å². The average molecular weight is 280 g/mol. The first-order chi connectivity index (χ1) is 9.47. The maximum Gasteiger partial charge on any atom is 0.246 e. The van der Waals surface area contributed by atoms with Crippen LogP contribution < -0.4 is 5.32 Å². The summed E-state index contributed by atoms with van der Waals surface area (Å²) in [5.41, 5.74) is 0.751. The Balaban J connectivity index is 2.14. The number of halogens is 2. The van der Waals surface area contributed by atoms with Gasteiger partial charge in [-0.3, -0.25) is 4.79 Å². The summed E-state index contributed by atoms with van der Waals surface area (Å²) in [6.45, 7) is 5.69. The van der Waals surface area contributed by atoms with E-state index in [0.29, 0.717) is 18.7 Å². The van der Waals surface area contributed by atoms with Crippen LogP contribution in [0.2, 0.25) is 0 Å². The second kappa shape index (κ2) is 6.13. The standard InChI is InChI=1S/C15H18F2N2O/c1-10(13-4-3-12(16)8-14(13)17)7-15(20)19-6-5-18-11(2)9-19/h3-4,7-8,11,18H,5-6,9H2,1-2H3/b10-7+. The van der Waals surface area contributed by atoms with Crippen molar-refractivity contribution >= 4 is 11.5 Å². The molecule has 1 N–H and O–H groups in total. The summed E-state index contributed by atoms with van der Waals surface area (Å²) >= 11 is 0. The van der Waals surface area contributed by atoms with Gasteiger partial charge < -0.3 is 10.2 Å². The van der Waals surface area contributed by atoms with Crippen LogP contribution in [0.3, 0.4) is 0 Å². The molecule has 0 saturated carbocycles. The Morgan fingerprint density at radius 2 is 2.20 bits per heavy atom. The van der Waals surface area contributed by atoms with Gasteiger partial charge in [-0.05, 0) is 31.6 Å². The molecule has 0 radical (unpaired) electrons. The highest BCUT2D eigenvalue weighted by atomic mass is 19.1. The molecule has 1 unspecified atom stereocenters. The first-order valence-corrected chi connectivity index (χ1v) is 6.63. The van der Waals surface area contributed by atoms with Crippen molar-refractivity contribution in [1.29, 1.82) is 0 Å². The number of benzene rings is 1. The molecule has 0 aromatic heterocycles. The van der Waals surface area contributed by atoms with E-state index < -0.39 is 11.6 Å². The maximum atomic E-state index is 13.6. The van der Waals surface area contributed by atoms with Gasteiger partial charge in [0.15, 0.2) is 0 Å². The van der Waals surface area contributed by atoms with E-state index in [9.17, 15) is 13.6 Å². The first-order valence-electron chi connectivity index (χ1n) is 6.63. The molecule has 2 rings (SSSR count). The fourth-order valence-electron chi connectivity index (χ4n) is 2.30. The monoisotopic (exact) mass is 280 g/mol. The van der Waals surface area contributed by atoms with Gasteiger partial charge in [0.05, 0.1) is 0 Å². The van der Waals surface area contributed by atoms with E-state index in [0.717, 1.165) is 12.6 Å². The van der Waals surface area contributed by atoms with Crippen molar-refractivity contribution in [1.82, 2.24) is 10.2 Å². The fourth-order valence-corrected chi connectivity index (χ4v) is 2.30. The van der Waals surface area contributed by atoms with Gasteiger partial charge in [0.25, 0.3) is 0 Å². The molecule has 1 aromatic rings.